The van der Waals surface area contributed by atoms with Gasteiger partial charge in [0.25, 0.3) is 0 Å². The number of amides is 1. The lowest BCUT2D eigenvalue weighted by atomic mass is 9.78. The van der Waals surface area contributed by atoms with E-state index in [1.807, 2.05) is 0 Å². The number of hydrogen-bond acceptors (Lipinski definition) is 2. The molecule has 2 aliphatic rings. The Hall–Kier alpha value is -0.570. The largest absolute Gasteiger partial charge is 0.353 e. The van der Waals surface area contributed by atoms with E-state index >= 15 is 0 Å². The van der Waals surface area contributed by atoms with Gasteiger partial charge in [0.1, 0.15) is 0 Å². The normalized spacial score (nSPS) is 28.5. The standard InChI is InChI=1S/C14H26N2O/c1-13(2)8-11(9-14(3,4)16-13)15-12(17)10-6-5-7-10/h10-11,16H,5-9H2,1-4H3,(H,15,17). The van der Waals surface area contributed by atoms with Gasteiger partial charge in [0.2, 0.25) is 5.91 Å². The lowest BCUT2D eigenvalue weighted by Crippen LogP contribution is -2.62. The van der Waals surface area contributed by atoms with Crippen LogP contribution < -0.4 is 10.6 Å². The SMILES string of the molecule is CC1(C)CC(NC(=O)C2CCC2)CC(C)(C)N1. The first-order valence-electron chi connectivity index (χ1n) is 6.87. The van der Waals surface area contributed by atoms with Gasteiger partial charge in [0.15, 0.2) is 0 Å². The number of rotatable bonds is 2. The second-order valence-electron chi connectivity index (χ2n) is 7.13. The van der Waals surface area contributed by atoms with Crippen LogP contribution in [0, 0.1) is 5.92 Å². The predicted octanol–water partition coefficient (Wildman–Crippen LogP) is 2.21. The quantitative estimate of drug-likeness (QED) is 0.774. The molecule has 1 aliphatic heterocycles. The van der Waals surface area contributed by atoms with Crippen molar-refractivity contribution in [1.29, 1.82) is 0 Å². The Bertz CT molecular complexity index is 289. The highest BCUT2D eigenvalue weighted by molar-refractivity contribution is 5.79. The monoisotopic (exact) mass is 238 g/mol. The van der Waals surface area contributed by atoms with Gasteiger partial charge in [-0.3, -0.25) is 4.79 Å². The third kappa shape index (κ3) is 3.21. The first kappa shape index (κ1) is 12.9. The fraction of sp³-hybridized carbons (Fsp3) is 0.929. The Morgan fingerprint density at radius 2 is 1.65 bits per heavy atom. The molecule has 2 fully saturated rings. The fourth-order valence-electron chi connectivity index (χ4n) is 3.41. The molecule has 1 aliphatic carbocycles. The molecule has 98 valence electrons. The Labute approximate surface area is 105 Å². The molecule has 3 nitrogen and oxygen atoms in total. The third-order valence-electron chi connectivity index (χ3n) is 4.01. The van der Waals surface area contributed by atoms with Gasteiger partial charge in [-0.15, -0.1) is 0 Å². The molecule has 0 aromatic carbocycles. The molecule has 0 aromatic heterocycles. The van der Waals surface area contributed by atoms with Crippen molar-refractivity contribution >= 4 is 5.91 Å². The average molecular weight is 238 g/mol. The van der Waals surface area contributed by atoms with Crippen molar-refractivity contribution in [2.45, 2.75) is 76.9 Å². The van der Waals surface area contributed by atoms with Gasteiger partial charge in [0, 0.05) is 23.0 Å². The van der Waals surface area contributed by atoms with Gasteiger partial charge in [-0.05, 0) is 53.4 Å². The summed E-state index contributed by atoms with van der Waals surface area (Å²) in [7, 11) is 0. The zero-order valence-corrected chi connectivity index (χ0v) is 11.6. The Balaban J connectivity index is 1.93. The number of piperidine rings is 1. The summed E-state index contributed by atoms with van der Waals surface area (Å²) in [5.74, 6) is 0.589. The minimum atomic E-state index is 0.110. The minimum Gasteiger partial charge on any atom is -0.353 e. The first-order valence-corrected chi connectivity index (χ1v) is 6.87. The van der Waals surface area contributed by atoms with E-state index < -0.39 is 0 Å². The van der Waals surface area contributed by atoms with Crippen LogP contribution in [0.3, 0.4) is 0 Å². The molecule has 1 amide bonds. The van der Waals surface area contributed by atoms with E-state index in [1.165, 1.54) is 6.42 Å². The number of hydrogen-bond donors (Lipinski definition) is 2. The lowest BCUT2D eigenvalue weighted by Gasteiger charge is -2.47. The molecular weight excluding hydrogens is 212 g/mol. The van der Waals surface area contributed by atoms with E-state index in [0.29, 0.717) is 12.0 Å². The molecule has 1 saturated heterocycles. The molecule has 0 bridgehead atoms. The van der Waals surface area contributed by atoms with Crippen LogP contribution in [0.25, 0.3) is 0 Å². The number of carbonyl (C=O) groups excluding carboxylic acids is 1. The second-order valence-corrected chi connectivity index (χ2v) is 7.13. The molecule has 1 heterocycles. The van der Waals surface area contributed by atoms with E-state index in [1.54, 1.807) is 0 Å². The van der Waals surface area contributed by atoms with Crippen LogP contribution in [0.2, 0.25) is 0 Å². The molecular formula is C14H26N2O. The van der Waals surface area contributed by atoms with Crippen molar-refractivity contribution in [2.75, 3.05) is 0 Å². The van der Waals surface area contributed by atoms with E-state index in [9.17, 15) is 4.79 Å². The van der Waals surface area contributed by atoms with Crippen LogP contribution in [0.1, 0.15) is 59.8 Å². The molecule has 0 unspecified atom stereocenters. The van der Waals surface area contributed by atoms with Crippen LogP contribution in [-0.4, -0.2) is 23.0 Å². The highest BCUT2D eigenvalue weighted by atomic mass is 16.2. The van der Waals surface area contributed by atoms with Gasteiger partial charge in [-0.2, -0.15) is 0 Å². The highest BCUT2D eigenvalue weighted by Crippen LogP contribution is 2.30. The van der Waals surface area contributed by atoms with Gasteiger partial charge in [0.05, 0.1) is 0 Å². The summed E-state index contributed by atoms with van der Waals surface area (Å²) in [6.45, 7) is 8.87. The zero-order chi connectivity index (χ0) is 12.7. The highest BCUT2D eigenvalue weighted by Gasteiger charge is 2.39. The Morgan fingerprint density at radius 1 is 1.12 bits per heavy atom. The molecule has 3 heteroatoms. The zero-order valence-electron chi connectivity index (χ0n) is 11.6. The van der Waals surface area contributed by atoms with Crippen molar-refractivity contribution in [3.05, 3.63) is 0 Å². The first-order chi connectivity index (χ1) is 7.77. The topological polar surface area (TPSA) is 41.1 Å². The van der Waals surface area contributed by atoms with Crippen molar-refractivity contribution in [3.8, 4) is 0 Å². The summed E-state index contributed by atoms with van der Waals surface area (Å²) in [6, 6.07) is 0.328. The van der Waals surface area contributed by atoms with Gasteiger partial charge in [-0.1, -0.05) is 6.42 Å². The summed E-state index contributed by atoms with van der Waals surface area (Å²) in [6.07, 6.45) is 5.44. The van der Waals surface area contributed by atoms with Crippen molar-refractivity contribution in [1.82, 2.24) is 10.6 Å². The smallest absolute Gasteiger partial charge is 0.223 e. The average Bonchev–Trinajstić information content (AvgIpc) is 1.91. The second kappa shape index (κ2) is 4.27. The van der Waals surface area contributed by atoms with Crippen LogP contribution in [0.5, 0.6) is 0 Å². The summed E-state index contributed by atoms with van der Waals surface area (Å²) in [5, 5.41) is 6.89. The molecule has 1 saturated carbocycles. The van der Waals surface area contributed by atoms with Crippen LogP contribution in [0.4, 0.5) is 0 Å². The summed E-state index contributed by atoms with van der Waals surface area (Å²) >= 11 is 0. The fourth-order valence-corrected chi connectivity index (χ4v) is 3.41. The number of nitrogens with one attached hydrogen (secondary N) is 2. The van der Waals surface area contributed by atoms with Crippen LogP contribution in [0.15, 0.2) is 0 Å². The van der Waals surface area contributed by atoms with Gasteiger partial charge in [-0.25, -0.2) is 0 Å². The molecule has 0 atom stereocenters. The maximum absolute atomic E-state index is 12.0. The molecule has 0 radical (unpaired) electrons. The van der Waals surface area contributed by atoms with Crippen LogP contribution >= 0.6 is 0 Å². The van der Waals surface area contributed by atoms with E-state index in [4.69, 9.17) is 0 Å². The maximum atomic E-state index is 12.0. The van der Waals surface area contributed by atoms with Crippen LogP contribution in [-0.2, 0) is 4.79 Å². The Kier molecular flexibility index (Phi) is 3.23. The van der Waals surface area contributed by atoms with Crippen molar-refractivity contribution in [3.63, 3.8) is 0 Å². The van der Waals surface area contributed by atoms with E-state index in [0.717, 1.165) is 25.7 Å². The summed E-state index contributed by atoms with van der Waals surface area (Å²) in [4.78, 5) is 12.0. The molecule has 17 heavy (non-hydrogen) atoms. The Morgan fingerprint density at radius 3 is 2.06 bits per heavy atom. The summed E-state index contributed by atoms with van der Waals surface area (Å²) < 4.78 is 0. The third-order valence-corrected chi connectivity index (χ3v) is 4.01. The summed E-state index contributed by atoms with van der Waals surface area (Å²) in [5.41, 5.74) is 0.221. The van der Waals surface area contributed by atoms with Crippen molar-refractivity contribution < 1.29 is 4.79 Å². The lowest BCUT2D eigenvalue weighted by molar-refractivity contribution is -0.128. The molecule has 0 spiro atoms. The van der Waals surface area contributed by atoms with E-state index in [-0.39, 0.29) is 17.0 Å². The molecule has 2 rings (SSSR count). The van der Waals surface area contributed by atoms with Crippen molar-refractivity contribution in [2.24, 2.45) is 5.92 Å². The predicted molar refractivity (Wildman–Crippen MR) is 69.8 cm³/mol. The number of carbonyl (C=O) groups is 1. The molecule has 0 aromatic rings. The minimum absolute atomic E-state index is 0.110. The van der Waals surface area contributed by atoms with Gasteiger partial charge >= 0.3 is 0 Å². The van der Waals surface area contributed by atoms with E-state index in [2.05, 4.69) is 38.3 Å². The molecule has 2 N–H and O–H groups in total. The maximum Gasteiger partial charge on any atom is 0.223 e. The van der Waals surface area contributed by atoms with Gasteiger partial charge < -0.3 is 10.6 Å².